The molecule has 160 valence electrons. The fourth-order valence-corrected chi connectivity index (χ4v) is 3.69. The number of nitrogens with one attached hydrogen (secondary N) is 2. The average molecular weight is 413 g/mol. The first kappa shape index (κ1) is 21.8. The van der Waals surface area contributed by atoms with Crippen LogP contribution in [-0.4, -0.2) is 63.7 Å². The molecular weight excluding hydrogens is 382 g/mol. The van der Waals surface area contributed by atoms with Crippen molar-refractivity contribution in [1.82, 2.24) is 4.90 Å². The van der Waals surface area contributed by atoms with Gasteiger partial charge in [-0.15, -0.1) is 0 Å². The second kappa shape index (κ2) is 10.2. The summed E-state index contributed by atoms with van der Waals surface area (Å²) in [7, 11) is 3.45. The SMILES string of the molecule is COc1ccc(C)cc1NC(=O)[C@H](c1ccccc1)[NH+](C)CC(=O)N1CCOCC1. The first-order chi connectivity index (χ1) is 14.5. The van der Waals surface area contributed by atoms with Crippen LogP contribution in [0.3, 0.4) is 0 Å². The number of hydrogen-bond acceptors (Lipinski definition) is 4. The summed E-state index contributed by atoms with van der Waals surface area (Å²) in [5.74, 6) is 0.442. The van der Waals surface area contributed by atoms with Gasteiger partial charge < -0.3 is 24.6 Å². The standard InChI is InChI=1S/C23H29N3O4/c1-17-9-10-20(29-3)19(15-17)24-23(28)22(18-7-5-4-6-8-18)25(2)16-21(27)26-11-13-30-14-12-26/h4-10,15,22H,11-14,16H2,1-3H3,(H,24,28)/p+1/t22-/m0/s1. The molecule has 0 aromatic heterocycles. The van der Waals surface area contributed by atoms with Crippen molar-refractivity contribution in [2.24, 2.45) is 0 Å². The minimum Gasteiger partial charge on any atom is -0.495 e. The number of anilines is 1. The molecule has 1 heterocycles. The van der Waals surface area contributed by atoms with Crippen LogP contribution < -0.4 is 15.0 Å². The summed E-state index contributed by atoms with van der Waals surface area (Å²) in [5.41, 5.74) is 2.50. The molecule has 1 fully saturated rings. The van der Waals surface area contributed by atoms with E-state index in [9.17, 15) is 9.59 Å². The van der Waals surface area contributed by atoms with Gasteiger partial charge in [-0.3, -0.25) is 9.59 Å². The molecule has 0 radical (unpaired) electrons. The van der Waals surface area contributed by atoms with E-state index in [2.05, 4.69) is 5.32 Å². The van der Waals surface area contributed by atoms with Crippen LogP contribution in [0.1, 0.15) is 17.2 Å². The van der Waals surface area contributed by atoms with Crippen LogP contribution in [0.4, 0.5) is 5.69 Å². The highest BCUT2D eigenvalue weighted by atomic mass is 16.5. The van der Waals surface area contributed by atoms with E-state index >= 15 is 0 Å². The normalized spacial score (nSPS) is 15.9. The van der Waals surface area contributed by atoms with E-state index in [0.717, 1.165) is 16.0 Å². The first-order valence-electron chi connectivity index (χ1n) is 10.2. The Morgan fingerprint density at radius 2 is 1.87 bits per heavy atom. The van der Waals surface area contributed by atoms with Crippen molar-refractivity contribution in [2.45, 2.75) is 13.0 Å². The Hall–Kier alpha value is -2.90. The van der Waals surface area contributed by atoms with Gasteiger partial charge in [0.2, 0.25) is 0 Å². The monoisotopic (exact) mass is 412 g/mol. The second-order valence-electron chi connectivity index (χ2n) is 7.55. The molecule has 2 N–H and O–H groups in total. The van der Waals surface area contributed by atoms with Gasteiger partial charge >= 0.3 is 0 Å². The zero-order valence-electron chi connectivity index (χ0n) is 17.8. The predicted octanol–water partition coefficient (Wildman–Crippen LogP) is 1.06. The molecule has 1 aliphatic rings. The van der Waals surface area contributed by atoms with Crippen molar-refractivity contribution < 1.29 is 24.0 Å². The maximum atomic E-state index is 13.4. The van der Waals surface area contributed by atoms with Crippen LogP contribution in [-0.2, 0) is 14.3 Å². The summed E-state index contributed by atoms with van der Waals surface area (Å²) in [6.07, 6.45) is 0. The Morgan fingerprint density at radius 3 is 2.53 bits per heavy atom. The van der Waals surface area contributed by atoms with Gasteiger partial charge in [-0.1, -0.05) is 36.4 Å². The third kappa shape index (κ3) is 5.37. The molecule has 0 saturated carbocycles. The topological polar surface area (TPSA) is 72.3 Å². The number of carbonyl (C=O) groups excluding carboxylic acids is 2. The van der Waals surface area contributed by atoms with E-state index in [0.29, 0.717) is 37.7 Å². The molecule has 1 saturated heterocycles. The fraction of sp³-hybridized carbons (Fsp3) is 0.391. The summed E-state index contributed by atoms with van der Waals surface area (Å²) < 4.78 is 10.7. The summed E-state index contributed by atoms with van der Waals surface area (Å²) >= 11 is 0. The smallest absolute Gasteiger partial charge is 0.287 e. The lowest BCUT2D eigenvalue weighted by Crippen LogP contribution is -3.11. The molecule has 1 aliphatic heterocycles. The van der Waals surface area contributed by atoms with Crippen molar-refractivity contribution in [3.05, 3.63) is 59.7 Å². The summed E-state index contributed by atoms with van der Waals surface area (Å²) in [4.78, 5) is 28.7. The van der Waals surface area contributed by atoms with Crippen LogP contribution in [0.25, 0.3) is 0 Å². The number of hydrogen-bond donors (Lipinski definition) is 2. The maximum Gasteiger partial charge on any atom is 0.287 e. The lowest BCUT2D eigenvalue weighted by atomic mass is 10.0. The van der Waals surface area contributed by atoms with Gasteiger partial charge in [0.05, 0.1) is 33.1 Å². The molecule has 0 bridgehead atoms. The Labute approximate surface area is 177 Å². The molecule has 7 nitrogen and oxygen atoms in total. The maximum absolute atomic E-state index is 13.4. The number of aryl methyl sites for hydroxylation is 1. The minimum atomic E-state index is -0.540. The summed E-state index contributed by atoms with van der Waals surface area (Å²) in [6.45, 7) is 4.48. The van der Waals surface area contributed by atoms with Gasteiger partial charge in [-0.25, -0.2) is 0 Å². The van der Waals surface area contributed by atoms with E-state index < -0.39 is 6.04 Å². The van der Waals surface area contributed by atoms with E-state index in [1.54, 1.807) is 12.0 Å². The molecule has 1 unspecified atom stereocenters. The molecule has 2 amide bonds. The largest absolute Gasteiger partial charge is 0.495 e. The second-order valence-corrected chi connectivity index (χ2v) is 7.55. The van der Waals surface area contributed by atoms with Gasteiger partial charge in [0.25, 0.3) is 11.8 Å². The van der Waals surface area contributed by atoms with Gasteiger partial charge in [-0.05, 0) is 24.6 Å². The Bertz CT molecular complexity index is 866. The zero-order chi connectivity index (χ0) is 21.5. The van der Waals surface area contributed by atoms with Gasteiger partial charge in [-0.2, -0.15) is 0 Å². The van der Waals surface area contributed by atoms with E-state index in [1.807, 2.05) is 62.5 Å². The van der Waals surface area contributed by atoms with Crippen LogP contribution >= 0.6 is 0 Å². The third-order valence-electron chi connectivity index (χ3n) is 5.29. The molecule has 2 aromatic carbocycles. The average Bonchev–Trinajstić information content (AvgIpc) is 2.75. The van der Waals surface area contributed by atoms with E-state index in [4.69, 9.17) is 9.47 Å². The molecule has 7 heteroatoms. The summed E-state index contributed by atoms with van der Waals surface area (Å²) in [6, 6.07) is 14.7. The van der Waals surface area contributed by atoms with Crippen molar-refractivity contribution in [3.8, 4) is 5.75 Å². The fourth-order valence-electron chi connectivity index (χ4n) is 3.69. The highest BCUT2D eigenvalue weighted by molar-refractivity contribution is 5.96. The molecular formula is C23H30N3O4+. The van der Waals surface area contributed by atoms with E-state index in [1.165, 1.54) is 0 Å². The lowest BCUT2D eigenvalue weighted by Gasteiger charge is -2.30. The molecule has 3 rings (SSSR count). The molecule has 2 atom stereocenters. The van der Waals surface area contributed by atoms with Crippen LogP contribution in [0.15, 0.2) is 48.5 Å². The van der Waals surface area contributed by atoms with Crippen molar-refractivity contribution in [3.63, 3.8) is 0 Å². The number of benzene rings is 2. The van der Waals surface area contributed by atoms with Gasteiger partial charge in [0, 0.05) is 18.7 Å². The quantitative estimate of drug-likeness (QED) is 0.713. The number of rotatable bonds is 7. The molecule has 0 spiro atoms. The number of quaternary nitrogens is 1. The Morgan fingerprint density at radius 1 is 1.17 bits per heavy atom. The van der Waals surface area contributed by atoms with Gasteiger partial charge in [0.15, 0.2) is 12.6 Å². The highest BCUT2D eigenvalue weighted by Gasteiger charge is 2.32. The lowest BCUT2D eigenvalue weighted by molar-refractivity contribution is -0.894. The van der Waals surface area contributed by atoms with Crippen molar-refractivity contribution in [2.75, 3.05) is 52.3 Å². The molecule has 2 aromatic rings. The van der Waals surface area contributed by atoms with Crippen LogP contribution in [0.5, 0.6) is 5.75 Å². The minimum absolute atomic E-state index is 0.0256. The number of carbonyl (C=O) groups is 2. The zero-order valence-corrected chi connectivity index (χ0v) is 17.8. The van der Waals surface area contributed by atoms with Crippen LogP contribution in [0.2, 0.25) is 0 Å². The number of methoxy groups -OCH3 is 1. The third-order valence-corrected chi connectivity index (χ3v) is 5.29. The number of nitrogens with zero attached hydrogens (tertiary/aromatic N) is 1. The van der Waals surface area contributed by atoms with Crippen LogP contribution in [0, 0.1) is 6.92 Å². The number of ether oxygens (including phenoxy) is 2. The Balaban J connectivity index is 1.81. The van der Waals surface area contributed by atoms with E-state index in [-0.39, 0.29) is 18.4 Å². The summed E-state index contributed by atoms with van der Waals surface area (Å²) in [5, 5.41) is 3.00. The molecule has 30 heavy (non-hydrogen) atoms. The number of morpholine rings is 1. The molecule has 0 aliphatic carbocycles. The highest BCUT2D eigenvalue weighted by Crippen LogP contribution is 2.26. The first-order valence-corrected chi connectivity index (χ1v) is 10.2. The van der Waals surface area contributed by atoms with Gasteiger partial charge in [0.1, 0.15) is 5.75 Å². The number of amides is 2. The predicted molar refractivity (Wildman–Crippen MR) is 115 cm³/mol. The van der Waals surface area contributed by atoms with Crippen molar-refractivity contribution in [1.29, 1.82) is 0 Å². The number of likely N-dealkylation sites (N-methyl/N-ethyl adjacent to an activating group) is 1. The Kier molecular flexibility index (Phi) is 7.43. The van der Waals surface area contributed by atoms with Crippen molar-refractivity contribution >= 4 is 17.5 Å².